The highest BCUT2D eigenvalue weighted by atomic mass is 16.5. The lowest BCUT2D eigenvalue weighted by Crippen LogP contribution is -2.29. The first-order valence-electron chi connectivity index (χ1n) is 6.18. The molecule has 0 unspecified atom stereocenters. The van der Waals surface area contributed by atoms with E-state index >= 15 is 0 Å². The van der Waals surface area contributed by atoms with Crippen LogP contribution in [0.15, 0.2) is 41.0 Å². The van der Waals surface area contributed by atoms with Crippen molar-refractivity contribution in [1.29, 1.82) is 0 Å². The van der Waals surface area contributed by atoms with Crippen molar-refractivity contribution in [3.63, 3.8) is 0 Å². The first-order chi connectivity index (χ1) is 10.1. The summed E-state index contributed by atoms with van der Waals surface area (Å²) in [6.45, 7) is 1.54. The van der Waals surface area contributed by atoms with Crippen LogP contribution in [0, 0.1) is 0 Å². The summed E-state index contributed by atoms with van der Waals surface area (Å²) in [4.78, 5) is 22.4. The van der Waals surface area contributed by atoms with Crippen LogP contribution < -0.4 is 21.3 Å². The number of furan rings is 1. The molecule has 0 atom stereocenters. The van der Waals surface area contributed by atoms with E-state index in [1.54, 1.807) is 24.3 Å². The molecule has 0 radical (unpaired) electrons. The number of para-hydroxylation sites is 2. The Morgan fingerprint density at radius 1 is 1.33 bits per heavy atom. The summed E-state index contributed by atoms with van der Waals surface area (Å²) in [5, 5.41) is 2.67. The summed E-state index contributed by atoms with van der Waals surface area (Å²) in [7, 11) is 0. The zero-order chi connectivity index (χ0) is 15.2. The number of hydrogen-bond acceptors (Lipinski definition) is 5. The van der Waals surface area contributed by atoms with Crippen LogP contribution in [-0.2, 0) is 11.4 Å². The largest absolute Gasteiger partial charge is 0.483 e. The Bertz CT molecular complexity index is 651. The summed E-state index contributed by atoms with van der Waals surface area (Å²) >= 11 is 0. The molecule has 2 aromatic rings. The fraction of sp³-hybridized carbons (Fsp3) is 0.143. The van der Waals surface area contributed by atoms with Gasteiger partial charge >= 0.3 is 0 Å². The van der Waals surface area contributed by atoms with Gasteiger partial charge in [-0.1, -0.05) is 12.1 Å². The van der Waals surface area contributed by atoms with E-state index in [1.807, 2.05) is 5.43 Å². The van der Waals surface area contributed by atoms with Gasteiger partial charge in [-0.05, 0) is 18.2 Å². The maximum atomic E-state index is 11.3. The van der Waals surface area contributed by atoms with Crippen LogP contribution in [0.25, 0.3) is 0 Å². The molecule has 0 spiro atoms. The molecule has 21 heavy (non-hydrogen) atoms. The van der Waals surface area contributed by atoms with E-state index < -0.39 is 5.91 Å². The summed E-state index contributed by atoms with van der Waals surface area (Å²) in [5.74, 6) is 5.37. The molecule has 0 saturated carbocycles. The van der Waals surface area contributed by atoms with Crippen molar-refractivity contribution in [1.82, 2.24) is 5.43 Å². The molecule has 2 amide bonds. The number of nitrogen functional groups attached to an aromatic ring is 1. The van der Waals surface area contributed by atoms with Crippen LogP contribution in [0.5, 0.6) is 5.75 Å². The predicted octanol–water partition coefficient (Wildman–Crippen LogP) is 1.42. The van der Waals surface area contributed by atoms with E-state index in [9.17, 15) is 9.59 Å². The molecule has 0 saturated heterocycles. The fourth-order valence-corrected chi connectivity index (χ4v) is 1.69. The second-order valence-corrected chi connectivity index (χ2v) is 4.24. The zero-order valence-electron chi connectivity index (χ0n) is 11.4. The van der Waals surface area contributed by atoms with Gasteiger partial charge in [-0.15, -0.1) is 0 Å². The van der Waals surface area contributed by atoms with E-state index in [1.165, 1.54) is 19.3 Å². The fourth-order valence-electron chi connectivity index (χ4n) is 1.69. The number of nitrogens with two attached hydrogens (primary N) is 1. The SMILES string of the molecule is CC(=O)Nc1ccccc1OCc1cc(C(=O)NN)co1. The molecular formula is C14H15N3O4. The van der Waals surface area contributed by atoms with Gasteiger partial charge in [-0.25, -0.2) is 5.84 Å². The minimum atomic E-state index is -0.441. The van der Waals surface area contributed by atoms with E-state index in [4.69, 9.17) is 15.0 Å². The van der Waals surface area contributed by atoms with Crippen molar-refractivity contribution in [2.24, 2.45) is 5.84 Å². The number of anilines is 1. The second kappa shape index (κ2) is 6.58. The van der Waals surface area contributed by atoms with Crippen molar-refractivity contribution in [2.45, 2.75) is 13.5 Å². The van der Waals surface area contributed by atoms with Crippen LogP contribution >= 0.6 is 0 Å². The highest BCUT2D eigenvalue weighted by Crippen LogP contribution is 2.24. The maximum absolute atomic E-state index is 11.3. The minimum Gasteiger partial charge on any atom is -0.483 e. The number of carbonyl (C=O) groups is 2. The normalized spacial score (nSPS) is 10.0. The van der Waals surface area contributed by atoms with Gasteiger partial charge in [0.25, 0.3) is 5.91 Å². The van der Waals surface area contributed by atoms with Gasteiger partial charge in [-0.2, -0.15) is 0 Å². The van der Waals surface area contributed by atoms with Crippen molar-refractivity contribution < 1.29 is 18.7 Å². The average Bonchev–Trinajstić information content (AvgIpc) is 2.94. The van der Waals surface area contributed by atoms with Gasteiger partial charge in [0.15, 0.2) is 0 Å². The molecule has 7 nitrogen and oxygen atoms in total. The zero-order valence-corrected chi connectivity index (χ0v) is 11.4. The molecule has 1 aromatic carbocycles. The number of hydrazine groups is 1. The molecule has 1 heterocycles. The van der Waals surface area contributed by atoms with Gasteiger partial charge in [-0.3, -0.25) is 15.0 Å². The van der Waals surface area contributed by atoms with E-state index in [0.717, 1.165) is 0 Å². The molecule has 7 heteroatoms. The van der Waals surface area contributed by atoms with Crippen LogP contribution in [0.2, 0.25) is 0 Å². The highest BCUT2D eigenvalue weighted by Gasteiger charge is 2.10. The van der Waals surface area contributed by atoms with Gasteiger partial charge in [0.1, 0.15) is 24.4 Å². The van der Waals surface area contributed by atoms with E-state index in [-0.39, 0.29) is 12.5 Å². The summed E-state index contributed by atoms with van der Waals surface area (Å²) in [6, 6.07) is 8.56. The van der Waals surface area contributed by atoms with Gasteiger partial charge in [0.05, 0.1) is 11.3 Å². The smallest absolute Gasteiger partial charge is 0.268 e. The van der Waals surface area contributed by atoms with E-state index in [2.05, 4.69) is 5.32 Å². The molecule has 110 valence electrons. The van der Waals surface area contributed by atoms with Crippen molar-refractivity contribution in [2.75, 3.05) is 5.32 Å². The number of ether oxygens (including phenoxy) is 1. The third-order valence-corrected chi connectivity index (χ3v) is 2.61. The number of carbonyl (C=O) groups excluding carboxylic acids is 2. The Kier molecular flexibility index (Phi) is 4.57. The topological polar surface area (TPSA) is 107 Å². The molecule has 0 bridgehead atoms. The Labute approximate surface area is 121 Å². The van der Waals surface area contributed by atoms with Crippen molar-refractivity contribution in [3.8, 4) is 5.75 Å². The Balaban J connectivity index is 2.04. The molecule has 0 fully saturated rings. The number of benzene rings is 1. The highest BCUT2D eigenvalue weighted by molar-refractivity contribution is 5.93. The molecule has 2 rings (SSSR count). The van der Waals surface area contributed by atoms with Crippen molar-refractivity contribution in [3.05, 3.63) is 47.9 Å². The van der Waals surface area contributed by atoms with Gasteiger partial charge < -0.3 is 14.5 Å². The van der Waals surface area contributed by atoms with Crippen LogP contribution in [0.3, 0.4) is 0 Å². The summed E-state index contributed by atoms with van der Waals surface area (Å²) in [6.07, 6.45) is 1.29. The third kappa shape index (κ3) is 3.83. The number of hydrogen-bond donors (Lipinski definition) is 3. The Morgan fingerprint density at radius 2 is 2.10 bits per heavy atom. The van der Waals surface area contributed by atoms with Gasteiger partial charge in [0.2, 0.25) is 5.91 Å². The summed E-state index contributed by atoms with van der Waals surface area (Å²) in [5.41, 5.74) is 2.89. The molecular weight excluding hydrogens is 274 g/mol. The standard InChI is InChI=1S/C14H15N3O4/c1-9(18)16-12-4-2-3-5-13(12)21-8-11-6-10(7-20-11)14(19)17-15/h2-7H,8,15H2,1H3,(H,16,18)(H,17,19). The number of amides is 2. The molecule has 4 N–H and O–H groups in total. The number of nitrogens with one attached hydrogen (secondary N) is 2. The average molecular weight is 289 g/mol. The molecule has 0 aliphatic carbocycles. The third-order valence-electron chi connectivity index (χ3n) is 2.61. The Hall–Kier alpha value is -2.80. The van der Waals surface area contributed by atoms with Crippen molar-refractivity contribution >= 4 is 17.5 Å². The van der Waals surface area contributed by atoms with Crippen LogP contribution in [0.1, 0.15) is 23.0 Å². The Morgan fingerprint density at radius 3 is 2.81 bits per heavy atom. The summed E-state index contributed by atoms with van der Waals surface area (Å²) < 4.78 is 10.8. The van der Waals surface area contributed by atoms with Crippen LogP contribution in [-0.4, -0.2) is 11.8 Å². The van der Waals surface area contributed by atoms with Gasteiger partial charge in [0, 0.05) is 6.92 Å². The first-order valence-corrected chi connectivity index (χ1v) is 6.18. The molecule has 1 aromatic heterocycles. The lowest BCUT2D eigenvalue weighted by atomic mass is 10.3. The molecule has 0 aliphatic rings. The number of rotatable bonds is 5. The predicted molar refractivity (Wildman–Crippen MR) is 75.4 cm³/mol. The lowest BCUT2D eigenvalue weighted by Gasteiger charge is -2.10. The maximum Gasteiger partial charge on any atom is 0.268 e. The van der Waals surface area contributed by atoms with E-state index in [0.29, 0.717) is 22.8 Å². The molecule has 0 aliphatic heterocycles. The monoisotopic (exact) mass is 289 g/mol. The minimum absolute atomic E-state index is 0.119. The quantitative estimate of drug-likeness (QED) is 0.438. The second-order valence-electron chi connectivity index (χ2n) is 4.24. The van der Waals surface area contributed by atoms with Crippen LogP contribution in [0.4, 0.5) is 5.69 Å². The lowest BCUT2D eigenvalue weighted by molar-refractivity contribution is -0.114. The first kappa shape index (κ1) is 14.6.